The molecule has 0 saturated carbocycles. The smallest absolute Gasteiger partial charge is 0.273 e. The summed E-state index contributed by atoms with van der Waals surface area (Å²) in [5.41, 5.74) is 5.87. The summed E-state index contributed by atoms with van der Waals surface area (Å²) >= 11 is 5.25. The van der Waals surface area contributed by atoms with Crippen LogP contribution in [0.3, 0.4) is 0 Å². The van der Waals surface area contributed by atoms with Crippen LogP contribution in [0.4, 0.5) is 0 Å². The molecule has 0 unspecified atom stereocenters. The molecule has 0 aliphatic carbocycles. The van der Waals surface area contributed by atoms with Gasteiger partial charge in [-0.15, -0.1) is 0 Å². The number of thiocarbonyl (C=S) groups is 1. The van der Waals surface area contributed by atoms with Gasteiger partial charge >= 0.3 is 0 Å². The lowest BCUT2D eigenvalue weighted by molar-refractivity contribution is 0.0941. The molecule has 2 aromatic carbocycles. The van der Waals surface area contributed by atoms with E-state index in [4.69, 9.17) is 17.0 Å². The Morgan fingerprint density at radius 3 is 2.52 bits per heavy atom. The van der Waals surface area contributed by atoms with Crippen LogP contribution in [0.1, 0.15) is 49.9 Å². The first-order valence-corrected chi connectivity index (χ1v) is 9.87. The number of amides is 1. The molecular weight excluding hydrogens is 358 g/mol. The third kappa shape index (κ3) is 6.40. The fourth-order valence-electron chi connectivity index (χ4n) is 2.90. The van der Waals surface area contributed by atoms with Crippen LogP contribution in [-0.2, 0) is 0 Å². The van der Waals surface area contributed by atoms with Crippen LogP contribution in [0.25, 0.3) is 10.8 Å². The average molecular weight is 388 g/mol. The molecule has 146 valence electrons. The summed E-state index contributed by atoms with van der Waals surface area (Å²) in [6.07, 6.45) is 4.89. The number of unbranched alkanes of at least 4 members (excludes halogenated alkanes) is 2. The van der Waals surface area contributed by atoms with Crippen LogP contribution in [0.15, 0.2) is 36.4 Å². The molecular formula is C21H29N3O2S. The Labute approximate surface area is 166 Å². The quantitative estimate of drug-likeness (QED) is 0.360. The van der Waals surface area contributed by atoms with Crippen LogP contribution in [-0.4, -0.2) is 24.7 Å². The average Bonchev–Trinajstić information content (AvgIpc) is 2.69. The van der Waals surface area contributed by atoms with E-state index in [-0.39, 0.29) is 5.91 Å². The Hall–Kier alpha value is -2.34. The van der Waals surface area contributed by atoms with E-state index in [1.54, 1.807) is 7.11 Å². The van der Waals surface area contributed by atoms with Gasteiger partial charge in [-0.1, -0.05) is 57.4 Å². The maximum Gasteiger partial charge on any atom is 0.273 e. The van der Waals surface area contributed by atoms with Gasteiger partial charge in [0.1, 0.15) is 5.75 Å². The molecule has 0 spiro atoms. The van der Waals surface area contributed by atoms with Crippen molar-refractivity contribution in [1.82, 2.24) is 16.2 Å². The maximum atomic E-state index is 12.5. The second kappa shape index (κ2) is 10.7. The molecule has 0 fully saturated rings. The lowest BCUT2D eigenvalue weighted by Crippen LogP contribution is -2.47. The molecule has 2 rings (SSSR count). The van der Waals surface area contributed by atoms with Gasteiger partial charge in [0.05, 0.1) is 12.7 Å². The van der Waals surface area contributed by atoms with E-state index in [0.717, 1.165) is 17.3 Å². The molecule has 0 radical (unpaired) electrons. The molecule has 1 atom stereocenters. The molecule has 0 heterocycles. The van der Waals surface area contributed by atoms with Crippen molar-refractivity contribution >= 4 is 34.0 Å². The van der Waals surface area contributed by atoms with E-state index in [1.165, 1.54) is 25.7 Å². The molecule has 1 amide bonds. The number of carbonyl (C=O) groups excluding carboxylic acids is 1. The molecule has 0 aliphatic heterocycles. The van der Waals surface area contributed by atoms with Crippen LogP contribution < -0.4 is 20.9 Å². The fourth-order valence-corrected chi connectivity index (χ4v) is 3.04. The van der Waals surface area contributed by atoms with Crippen LogP contribution in [0.2, 0.25) is 0 Å². The normalized spacial score (nSPS) is 11.7. The molecule has 6 heteroatoms. The fraction of sp³-hybridized carbons (Fsp3) is 0.429. The minimum absolute atomic E-state index is 0.294. The monoisotopic (exact) mass is 387 g/mol. The standard InChI is InChI=1S/C21H29N3O2S/c1-4-5-6-9-15(2)14-22-21(27)24-23-20(25)18-12-16-10-7-8-11-17(16)13-19(18)26-3/h7-8,10-13,15H,4-6,9,14H2,1-3H3,(H,23,25)(H2,22,24,27)/t15-/m1/s1. The predicted octanol–water partition coefficient (Wildman–Crippen LogP) is 4.17. The number of benzene rings is 2. The van der Waals surface area contributed by atoms with Gasteiger partial charge in [-0.05, 0) is 47.5 Å². The van der Waals surface area contributed by atoms with Crippen LogP contribution in [0, 0.1) is 5.92 Å². The number of ether oxygens (including phenoxy) is 1. The first-order valence-electron chi connectivity index (χ1n) is 9.46. The van der Waals surface area contributed by atoms with Crippen LogP contribution >= 0.6 is 12.2 Å². The highest BCUT2D eigenvalue weighted by atomic mass is 32.1. The van der Waals surface area contributed by atoms with E-state index < -0.39 is 0 Å². The summed E-state index contributed by atoms with van der Waals surface area (Å²) < 4.78 is 5.37. The summed E-state index contributed by atoms with van der Waals surface area (Å²) in [5, 5.41) is 5.55. The van der Waals surface area contributed by atoms with Crippen molar-refractivity contribution in [3.63, 3.8) is 0 Å². The second-order valence-electron chi connectivity index (χ2n) is 6.79. The third-order valence-electron chi connectivity index (χ3n) is 4.51. The van der Waals surface area contributed by atoms with Crippen molar-refractivity contribution in [2.75, 3.05) is 13.7 Å². The van der Waals surface area contributed by atoms with Crippen LogP contribution in [0.5, 0.6) is 5.75 Å². The van der Waals surface area contributed by atoms with Crippen molar-refractivity contribution in [3.8, 4) is 5.75 Å². The van der Waals surface area contributed by atoms with Crippen molar-refractivity contribution in [3.05, 3.63) is 42.0 Å². The minimum atomic E-state index is -0.294. The zero-order chi connectivity index (χ0) is 19.6. The highest BCUT2D eigenvalue weighted by molar-refractivity contribution is 7.80. The van der Waals surface area contributed by atoms with E-state index in [1.807, 2.05) is 36.4 Å². The van der Waals surface area contributed by atoms with E-state index in [2.05, 4.69) is 30.0 Å². The van der Waals surface area contributed by atoms with Crippen molar-refractivity contribution in [2.45, 2.75) is 39.5 Å². The summed E-state index contributed by atoms with van der Waals surface area (Å²) in [7, 11) is 1.56. The zero-order valence-electron chi connectivity index (χ0n) is 16.3. The minimum Gasteiger partial charge on any atom is -0.496 e. The summed E-state index contributed by atoms with van der Waals surface area (Å²) in [5.74, 6) is 0.766. The lowest BCUT2D eigenvalue weighted by Gasteiger charge is -2.16. The van der Waals surface area contributed by atoms with Crippen molar-refractivity contribution < 1.29 is 9.53 Å². The Morgan fingerprint density at radius 1 is 1.15 bits per heavy atom. The van der Waals surface area contributed by atoms with Gasteiger partial charge in [-0.25, -0.2) is 0 Å². The van der Waals surface area contributed by atoms with E-state index >= 15 is 0 Å². The SMILES string of the molecule is CCCCC[C@@H](C)CNC(=S)NNC(=O)c1cc2ccccc2cc1OC. The van der Waals surface area contributed by atoms with Gasteiger partial charge in [-0.3, -0.25) is 15.6 Å². The number of methoxy groups -OCH3 is 1. The number of hydrogen-bond donors (Lipinski definition) is 3. The summed E-state index contributed by atoms with van der Waals surface area (Å²) in [6, 6.07) is 11.5. The van der Waals surface area contributed by atoms with Gasteiger partial charge < -0.3 is 10.1 Å². The summed E-state index contributed by atoms with van der Waals surface area (Å²) in [6.45, 7) is 5.18. The first kappa shape index (κ1) is 21.0. The van der Waals surface area contributed by atoms with Gasteiger partial charge in [-0.2, -0.15) is 0 Å². The van der Waals surface area contributed by atoms with Gasteiger partial charge in [0, 0.05) is 6.54 Å². The third-order valence-corrected chi connectivity index (χ3v) is 4.76. The Kier molecular flexibility index (Phi) is 8.33. The number of hydrazine groups is 1. The van der Waals surface area contributed by atoms with Crippen molar-refractivity contribution in [1.29, 1.82) is 0 Å². The largest absolute Gasteiger partial charge is 0.496 e. The summed E-state index contributed by atoms with van der Waals surface area (Å²) in [4.78, 5) is 12.5. The number of hydrogen-bond acceptors (Lipinski definition) is 3. The number of rotatable bonds is 8. The number of carbonyl (C=O) groups is 1. The predicted molar refractivity (Wildman–Crippen MR) is 115 cm³/mol. The number of nitrogens with one attached hydrogen (secondary N) is 3. The molecule has 5 nitrogen and oxygen atoms in total. The van der Waals surface area contributed by atoms with Gasteiger partial charge in [0.2, 0.25) is 0 Å². The molecule has 0 bridgehead atoms. The Balaban J connectivity index is 1.88. The molecule has 27 heavy (non-hydrogen) atoms. The molecule has 0 saturated heterocycles. The number of fused-ring (bicyclic) bond motifs is 1. The molecule has 3 N–H and O–H groups in total. The molecule has 2 aromatic rings. The maximum absolute atomic E-state index is 12.5. The lowest BCUT2D eigenvalue weighted by atomic mass is 10.0. The highest BCUT2D eigenvalue weighted by Crippen LogP contribution is 2.25. The Morgan fingerprint density at radius 2 is 1.85 bits per heavy atom. The van der Waals surface area contributed by atoms with Gasteiger partial charge in [0.25, 0.3) is 5.91 Å². The highest BCUT2D eigenvalue weighted by Gasteiger charge is 2.14. The first-order chi connectivity index (χ1) is 13.0. The molecule has 0 aromatic heterocycles. The van der Waals surface area contributed by atoms with Crippen molar-refractivity contribution in [2.24, 2.45) is 5.92 Å². The molecule has 0 aliphatic rings. The second-order valence-corrected chi connectivity index (χ2v) is 7.20. The van der Waals surface area contributed by atoms with E-state index in [9.17, 15) is 4.79 Å². The topological polar surface area (TPSA) is 62.4 Å². The zero-order valence-corrected chi connectivity index (χ0v) is 17.1. The van der Waals surface area contributed by atoms with E-state index in [0.29, 0.717) is 22.3 Å². The van der Waals surface area contributed by atoms with Gasteiger partial charge in [0.15, 0.2) is 5.11 Å². The Bertz CT molecular complexity index is 779.